The van der Waals surface area contributed by atoms with Crippen molar-refractivity contribution in [1.29, 1.82) is 0 Å². The van der Waals surface area contributed by atoms with E-state index in [1.54, 1.807) is 12.4 Å². The third-order valence-corrected chi connectivity index (χ3v) is 3.86. The van der Waals surface area contributed by atoms with Crippen molar-refractivity contribution in [3.8, 4) is 11.3 Å². The molecule has 0 fully saturated rings. The van der Waals surface area contributed by atoms with Crippen molar-refractivity contribution >= 4 is 38.2 Å². The molecule has 0 bridgehead atoms. The summed E-state index contributed by atoms with van der Waals surface area (Å²) in [7, 11) is 0. The molecule has 1 aromatic carbocycles. The maximum atomic E-state index is 4.11. The van der Waals surface area contributed by atoms with E-state index in [9.17, 15) is 0 Å². The predicted octanol–water partition coefficient (Wildman–Crippen LogP) is 4.50. The summed E-state index contributed by atoms with van der Waals surface area (Å²) < 4.78 is 1.09. The summed E-state index contributed by atoms with van der Waals surface area (Å²) in [5.41, 5.74) is 3.21. The van der Waals surface area contributed by atoms with Gasteiger partial charge in [-0.05, 0) is 35.7 Å². The van der Waals surface area contributed by atoms with Gasteiger partial charge in [-0.1, -0.05) is 22.0 Å². The molecule has 4 rings (SSSR count). The highest BCUT2D eigenvalue weighted by atomic mass is 79.9. The Hall–Kier alpha value is -2.27. The second-order valence-corrected chi connectivity index (χ2v) is 5.57. The van der Waals surface area contributed by atoms with E-state index >= 15 is 0 Å². The predicted molar refractivity (Wildman–Crippen MR) is 84.5 cm³/mol. The van der Waals surface area contributed by atoms with Crippen LogP contribution in [-0.4, -0.2) is 15.2 Å². The Labute approximate surface area is 123 Å². The number of aromatic amines is 2. The lowest BCUT2D eigenvalue weighted by molar-refractivity contribution is 1.11. The highest BCUT2D eigenvalue weighted by Crippen LogP contribution is 2.38. The van der Waals surface area contributed by atoms with Gasteiger partial charge < -0.3 is 5.32 Å². The summed E-state index contributed by atoms with van der Waals surface area (Å²) in [5.74, 6) is 0.945. The molecule has 0 radical (unpaired) electrons. The Morgan fingerprint density at radius 2 is 2.05 bits per heavy atom. The lowest BCUT2D eigenvalue weighted by Gasteiger charge is -2.03. The molecular weight excluding hydrogens is 316 g/mol. The average Bonchev–Trinajstić information content (AvgIpc) is 2.99. The number of benzene rings is 1. The first-order valence-corrected chi connectivity index (χ1v) is 7.06. The van der Waals surface area contributed by atoms with Gasteiger partial charge in [-0.2, -0.15) is 0 Å². The normalized spacial score (nSPS) is 11.2. The van der Waals surface area contributed by atoms with Crippen molar-refractivity contribution in [1.82, 2.24) is 15.2 Å². The smallest absolute Gasteiger partial charge is 0.132 e. The van der Waals surface area contributed by atoms with Gasteiger partial charge >= 0.3 is 0 Å². The number of hydrogen-bond donors (Lipinski definition) is 3. The average molecular weight is 327 g/mol. The highest BCUT2D eigenvalue weighted by molar-refractivity contribution is 9.10. The molecule has 0 spiro atoms. The van der Waals surface area contributed by atoms with Gasteiger partial charge in [0.25, 0.3) is 0 Å². The second-order valence-electron chi connectivity index (χ2n) is 4.66. The maximum Gasteiger partial charge on any atom is 0.132 e. The Morgan fingerprint density at radius 3 is 2.90 bits per heavy atom. The number of halogens is 1. The summed E-state index contributed by atoms with van der Waals surface area (Å²) in [4.78, 5) is 4.11. The molecule has 2 aliphatic rings. The van der Waals surface area contributed by atoms with E-state index in [4.69, 9.17) is 0 Å². The number of anilines is 2. The van der Waals surface area contributed by atoms with Crippen molar-refractivity contribution in [3.05, 3.63) is 53.3 Å². The largest absolute Gasteiger partial charge is 0.339 e. The topological polar surface area (TPSA) is 56.5 Å². The number of rotatable bonds is 2. The van der Waals surface area contributed by atoms with Crippen LogP contribution in [0.3, 0.4) is 0 Å². The monoisotopic (exact) mass is 326 g/mol. The molecule has 0 saturated heterocycles. The minimum atomic E-state index is 0.945. The lowest BCUT2D eigenvalue weighted by Crippen LogP contribution is -1.91. The zero-order chi connectivity index (χ0) is 13.5. The van der Waals surface area contributed by atoms with Gasteiger partial charge in [-0.15, -0.1) is 0 Å². The molecule has 98 valence electrons. The van der Waals surface area contributed by atoms with Crippen LogP contribution in [0.5, 0.6) is 0 Å². The molecule has 3 N–H and O–H groups in total. The van der Waals surface area contributed by atoms with E-state index in [1.165, 1.54) is 10.8 Å². The van der Waals surface area contributed by atoms with Crippen LogP contribution in [-0.2, 0) is 0 Å². The van der Waals surface area contributed by atoms with Crippen molar-refractivity contribution in [3.63, 3.8) is 0 Å². The number of H-pyrrole nitrogens is 2. The minimum absolute atomic E-state index is 0.945. The third kappa shape index (κ3) is 1.78. The zero-order valence-corrected chi connectivity index (χ0v) is 12.0. The summed E-state index contributed by atoms with van der Waals surface area (Å²) in [6.45, 7) is 0. The van der Waals surface area contributed by atoms with Gasteiger partial charge in [0.05, 0.1) is 17.6 Å². The van der Waals surface area contributed by atoms with Crippen LogP contribution < -0.4 is 5.32 Å². The fraction of sp³-hybridized carbons (Fsp3) is 0. The van der Waals surface area contributed by atoms with Gasteiger partial charge in [0.15, 0.2) is 0 Å². The van der Waals surface area contributed by atoms with Crippen molar-refractivity contribution < 1.29 is 0 Å². The third-order valence-electron chi connectivity index (χ3n) is 3.36. The molecule has 2 aromatic rings. The number of hydrogen-bond acceptors (Lipinski definition) is 2. The summed E-state index contributed by atoms with van der Waals surface area (Å²) in [6.07, 6.45) is 3.56. The second kappa shape index (κ2) is 4.38. The van der Waals surface area contributed by atoms with Crippen molar-refractivity contribution in [2.24, 2.45) is 0 Å². The summed E-state index contributed by atoms with van der Waals surface area (Å²) >= 11 is 3.51. The fourth-order valence-electron chi connectivity index (χ4n) is 2.46. The van der Waals surface area contributed by atoms with Crippen LogP contribution in [0, 0.1) is 0 Å². The Bertz CT molecular complexity index is 847. The number of pyridine rings is 1. The Kier molecular flexibility index (Phi) is 2.53. The van der Waals surface area contributed by atoms with Gasteiger partial charge in [0.2, 0.25) is 0 Å². The number of aromatic nitrogens is 3. The summed E-state index contributed by atoms with van der Waals surface area (Å²) in [6, 6.07) is 12.3. The minimum Gasteiger partial charge on any atom is -0.339 e. The van der Waals surface area contributed by atoms with Gasteiger partial charge in [-0.3, -0.25) is 15.2 Å². The highest BCUT2D eigenvalue weighted by Gasteiger charge is 2.16. The first kappa shape index (κ1) is 11.5. The Morgan fingerprint density at radius 1 is 1.10 bits per heavy atom. The standard InChI is InChI=1S/C15H11BrN4/c16-10-3-4-12-9(6-10)7-13-14(12)19-20-15(13)18-11-2-1-5-17-8-11/h1-8,18-20H. The molecular formula is C15H11BrN4. The van der Waals surface area contributed by atoms with Crippen LogP contribution in [0.2, 0.25) is 0 Å². The van der Waals surface area contributed by atoms with E-state index in [0.717, 1.165) is 27.2 Å². The number of nitrogens with zero attached hydrogens (tertiary/aromatic N) is 1. The molecule has 1 aliphatic carbocycles. The molecule has 0 saturated carbocycles. The van der Waals surface area contributed by atoms with Crippen LogP contribution in [0.25, 0.3) is 22.0 Å². The molecule has 0 amide bonds. The van der Waals surface area contributed by atoms with Crippen LogP contribution in [0.1, 0.15) is 0 Å². The van der Waals surface area contributed by atoms with Crippen LogP contribution in [0.4, 0.5) is 11.5 Å². The van der Waals surface area contributed by atoms with Gasteiger partial charge in [0, 0.05) is 21.6 Å². The molecule has 0 unspecified atom stereocenters. The van der Waals surface area contributed by atoms with Crippen LogP contribution in [0.15, 0.2) is 53.3 Å². The van der Waals surface area contributed by atoms with E-state index in [1.807, 2.05) is 12.1 Å². The molecule has 2 heterocycles. The fourth-order valence-corrected chi connectivity index (χ4v) is 2.84. The SMILES string of the molecule is Brc1ccc2c3[nH][nH]c(Nc4cccnc4)c-3cc2c1. The van der Waals surface area contributed by atoms with E-state index in [0.29, 0.717) is 0 Å². The number of nitrogens with one attached hydrogen (secondary N) is 3. The van der Waals surface area contributed by atoms with Gasteiger partial charge in [-0.25, -0.2) is 0 Å². The van der Waals surface area contributed by atoms with Crippen molar-refractivity contribution in [2.75, 3.05) is 5.32 Å². The molecule has 5 heteroatoms. The van der Waals surface area contributed by atoms with Crippen LogP contribution >= 0.6 is 15.9 Å². The van der Waals surface area contributed by atoms with E-state index < -0.39 is 0 Å². The molecule has 4 nitrogen and oxygen atoms in total. The first-order valence-electron chi connectivity index (χ1n) is 6.26. The maximum absolute atomic E-state index is 4.11. The Balaban J connectivity index is 1.82. The first-order chi connectivity index (χ1) is 9.81. The van der Waals surface area contributed by atoms with E-state index in [-0.39, 0.29) is 0 Å². The number of fused-ring (bicyclic) bond motifs is 3. The molecule has 0 atom stereocenters. The van der Waals surface area contributed by atoms with Gasteiger partial charge in [0.1, 0.15) is 5.82 Å². The lowest BCUT2D eigenvalue weighted by atomic mass is 10.2. The zero-order valence-electron chi connectivity index (χ0n) is 10.4. The molecule has 20 heavy (non-hydrogen) atoms. The summed E-state index contributed by atoms with van der Waals surface area (Å²) in [5, 5.41) is 12.2. The molecule has 1 aromatic heterocycles. The quantitative estimate of drug-likeness (QED) is 0.508. The van der Waals surface area contributed by atoms with Crippen molar-refractivity contribution in [2.45, 2.75) is 0 Å². The molecule has 1 aliphatic heterocycles. The van der Waals surface area contributed by atoms with E-state index in [2.05, 4.69) is 60.7 Å².